The quantitative estimate of drug-likeness (QED) is 0.897. The van der Waals surface area contributed by atoms with Gasteiger partial charge in [-0.05, 0) is 12.8 Å². The van der Waals surface area contributed by atoms with Crippen molar-refractivity contribution in [1.29, 1.82) is 0 Å². The highest BCUT2D eigenvalue weighted by atomic mass is 16.4. The lowest BCUT2D eigenvalue weighted by molar-refractivity contribution is -0.142. The molecule has 1 unspecified atom stereocenters. The maximum atomic E-state index is 12.7. The minimum atomic E-state index is -0.945. The van der Waals surface area contributed by atoms with Crippen LogP contribution in [-0.2, 0) is 4.79 Å². The number of carboxylic acids is 1. The molecule has 1 amide bonds. The first-order chi connectivity index (χ1) is 10.2. The second kappa shape index (κ2) is 5.51. The van der Waals surface area contributed by atoms with Crippen molar-refractivity contribution >= 4 is 17.4 Å². The predicted molar refractivity (Wildman–Crippen MR) is 73.9 cm³/mol. The van der Waals surface area contributed by atoms with Gasteiger partial charge in [-0.15, -0.1) is 0 Å². The molecule has 0 radical (unpaired) electrons. The van der Waals surface area contributed by atoms with Gasteiger partial charge in [-0.1, -0.05) is 12.8 Å². The van der Waals surface area contributed by atoms with Crippen LogP contribution in [0.1, 0.15) is 36.0 Å². The van der Waals surface area contributed by atoms with E-state index in [9.17, 15) is 14.7 Å². The van der Waals surface area contributed by atoms with Crippen LogP contribution in [0.4, 0.5) is 0 Å². The topological polar surface area (TPSA) is 87.8 Å². The number of aliphatic carboxylic acids is 1. The van der Waals surface area contributed by atoms with Gasteiger partial charge in [-0.3, -0.25) is 9.78 Å². The molecule has 21 heavy (non-hydrogen) atoms. The highest BCUT2D eigenvalue weighted by Crippen LogP contribution is 2.21. The van der Waals surface area contributed by atoms with Gasteiger partial charge in [0.2, 0.25) is 0 Å². The van der Waals surface area contributed by atoms with Gasteiger partial charge >= 0.3 is 5.97 Å². The zero-order chi connectivity index (χ0) is 14.8. The van der Waals surface area contributed by atoms with Gasteiger partial charge in [-0.2, -0.15) is 5.10 Å². The summed E-state index contributed by atoms with van der Waals surface area (Å²) in [6.07, 6.45) is 9.38. The first kappa shape index (κ1) is 13.5. The van der Waals surface area contributed by atoms with E-state index in [0.29, 0.717) is 24.0 Å². The van der Waals surface area contributed by atoms with Crippen molar-refractivity contribution in [2.45, 2.75) is 31.7 Å². The zero-order valence-corrected chi connectivity index (χ0v) is 11.5. The average molecular weight is 288 g/mol. The van der Waals surface area contributed by atoms with Gasteiger partial charge in [0.05, 0.1) is 23.5 Å². The van der Waals surface area contributed by atoms with Gasteiger partial charge in [0.15, 0.2) is 0 Å². The third-order valence-corrected chi connectivity index (χ3v) is 3.85. The lowest BCUT2D eigenvalue weighted by Crippen LogP contribution is -2.44. The van der Waals surface area contributed by atoms with E-state index in [1.807, 2.05) is 0 Å². The maximum Gasteiger partial charge on any atom is 0.326 e. The summed E-state index contributed by atoms with van der Waals surface area (Å²) in [6, 6.07) is -0.758. The molecule has 3 heterocycles. The van der Waals surface area contributed by atoms with Gasteiger partial charge in [-0.25, -0.2) is 9.31 Å². The number of hydrogen-bond acceptors (Lipinski definition) is 4. The molecule has 0 bridgehead atoms. The first-order valence-corrected chi connectivity index (χ1v) is 6.99. The van der Waals surface area contributed by atoms with Crippen molar-refractivity contribution in [1.82, 2.24) is 19.5 Å². The Balaban J connectivity index is 1.97. The molecule has 0 saturated carbocycles. The fourth-order valence-corrected chi connectivity index (χ4v) is 2.76. The molecule has 2 aromatic heterocycles. The van der Waals surface area contributed by atoms with Crippen molar-refractivity contribution in [2.75, 3.05) is 6.54 Å². The van der Waals surface area contributed by atoms with Crippen LogP contribution in [0.15, 0.2) is 24.8 Å². The SMILES string of the molecule is O=C(O)C1CCCCCN1C(=O)c1cnn2ccncc12. The van der Waals surface area contributed by atoms with E-state index in [2.05, 4.69) is 10.1 Å². The Kier molecular flexibility index (Phi) is 3.55. The van der Waals surface area contributed by atoms with Crippen LogP contribution in [0.5, 0.6) is 0 Å². The minimum Gasteiger partial charge on any atom is -0.480 e. The van der Waals surface area contributed by atoms with Crippen molar-refractivity contribution < 1.29 is 14.7 Å². The molecule has 0 spiro atoms. The van der Waals surface area contributed by atoms with Crippen LogP contribution >= 0.6 is 0 Å². The number of hydrogen-bond donors (Lipinski definition) is 1. The number of carbonyl (C=O) groups excluding carboxylic acids is 1. The lowest BCUT2D eigenvalue weighted by atomic mass is 10.1. The summed E-state index contributed by atoms with van der Waals surface area (Å²) in [5, 5.41) is 13.5. The van der Waals surface area contributed by atoms with E-state index < -0.39 is 12.0 Å². The Labute approximate surface area is 121 Å². The monoisotopic (exact) mass is 288 g/mol. The smallest absolute Gasteiger partial charge is 0.326 e. The third-order valence-electron chi connectivity index (χ3n) is 3.85. The minimum absolute atomic E-state index is 0.285. The second-order valence-corrected chi connectivity index (χ2v) is 5.17. The van der Waals surface area contributed by atoms with E-state index in [4.69, 9.17) is 0 Å². The fourth-order valence-electron chi connectivity index (χ4n) is 2.76. The number of likely N-dealkylation sites (tertiary alicyclic amines) is 1. The molecule has 0 aromatic carbocycles. The van der Waals surface area contributed by atoms with Crippen LogP contribution in [0.2, 0.25) is 0 Å². The van der Waals surface area contributed by atoms with E-state index in [0.717, 1.165) is 19.3 Å². The molecule has 2 aromatic rings. The lowest BCUT2D eigenvalue weighted by Gasteiger charge is -2.26. The number of nitrogens with zero attached hydrogens (tertiary/aromatic N) is 4. The highest BCUT2D eigenvalue weighted by Gasteiger charge is 2.32. The molecule has 3 rings (SSSR count). The fraction of sp³-hybridized carbons (Fsp3) is 0.429. The summed E-state index contributed by atoms with van der Waals surface area (Å²) < 4.78 is 1.56. The van der Waals surface area contributed by atoms with Crippen LogP contribution < -0.4 is 0 Å². The zero-order valence-electron chi connectivity index (χ0n) is 11.5. The van der Waals surface area contributed by atoms with E-state index in [-0.39, 0.29) is 5.91 Å². The van der Waals surface area contributed by atoms with Gasteiger partial charge in [0.1, 0.15) is 6.04 Å². The summed E-state index contributed by atoms with van der Waals surface area (Å²) in [6.45, 7) is 0.466. The molecule has 1 aliphatic heterocycles. The van der Waals surface area contributed by atoms with Crippen molar-refractivity contribution in [3.8, 4) is 0 Å². The molecule has 1 fully saturated rings. The Morgan fingerprint density at radius 3 is 2.90 bits per heavy atom. The molecule has 1 N–H and O–H groups in total. The summed E-state index contributed by atoms with van der Waals surface area (Å²) in [7, 11) is 0. The van der Waals surface area contributed by atoms with Crippen molar-refractivity contribution in [3.63, 3.8) is 0 Å². The number of rotatable bonds is 2. The molecule has 1 saturated heterocycles. The Bertz CT molecular complexity index is 682. The molecule has 7 heteroatoms. The number of amides is 1. The molecular weight excluding hydrogens is 272 g/mol. The van der Waals surface area contributed by atoms with Gasteiger partial charge < -0.3 is 10.0 Å². The number of carboxylic acid groups (broad SMARTS) is 1. The summed E-state index contributed by atoms with van der Waals surface area (Å²) >= 11 is 0. The molecule has 1 aliphatic rings. The Morgan fingerprint density at radius 1 is 1.24 bits per heavy atom. The van der Waals surface area contributed by atoms with Crippen LogP contribution in [0.3, 0.4) is 0 Å². The third kappa shape index (κ3) is 2.46. The molecule has 7 nitrogen and oxygen atoms in total. The number of fused-ring (bicyclic) bond motifs is 1. The summed E-state index contributed by atoms with van der Waals surface area (Å²) in [5.74, 6) is -1.23. The molecule has 1 atom stereocenters. The maximum absolute atomic E-state index is 12.7. The van der Waals surface area contributed by atoms with Crippen LogP contribution in [-0.4, -0.2) is 49.1 Å². The van der Waals surface area contributed by atoms with Gasteiger partial charge in [0.25, 0.3) is 5.91 Å². The van der Waals surface area contributed by atoms with Crippen LogP contribution in [0.25, 0.3) is 5.52 Å². The first-order valence-electron chi connectivity index (χ1n) is 6.99. The number of aromatic nitrogens is 3. The average Bonchev–Trinajstić information content (AvgIpc) is 2.75. The largest absolute Gasteiger partial charge is 0.480 e. The molecular formula is C14H16N4O3. The molecule has 0 aliphatic carbocycles. The predicted octanol–water partition coefficient (Wildman–Crippen LogP) is 1.20. The van der Waals surface area contributed by atoms with Crippen molar-refractivity contribution in [3.05, 3.63) is 30.4 Å². The molecule has 110 valence electrons. The van der Waals surface area contributed by atoms with E-state index >= 15 is 0 Å². The Hall–Kier alpha value is -2.44. The van der Waals surface area contributed by atoms with Gasteiger partial charge in [0, 0.05) is 18.9 Å². The van der Waals surface area contributed by atoms with Crippen molar-refractivity contribution in [2.24, 2.45) is 0 Å². The van der Waals surface area contributed by atoms with Crippen LogP contribution in [0, 0.1) is 0 Å². The summed E-state index contributed by atoms with van der Waals surface area (Å²) in [4.78, 5) is 29.6. The normalized spacial score (nSPS) is 19.4. The van der Waals surface area contributed by atoms with E-state index in [1.165, 1.54) is 11.1 Å². The van der Waals surface area contributed by atoms with E-state index in [1.54, 1.807) is 23.1 Å². The Morgan fingerprint density at radius 2 is 2.10 bits per heavy atom. The second-order valence-electron chi connectivity index (χ2n) is 5.17. The highest BCUT2D eigenvalue weighted by molar-refractivity contribution is 6.02. The number of carbonyl (C=O) groups is 2. The standard InChI is InChI=1S/C14H16N4O3/c19-13(10-8-16-18-7-5-15-9-12(10)18)17-6-3-1-2-4-11(17)14(20)21/h5,7-9,11H,1-4,6H2,(H,20,21). The summed E-state index contributed by atoms with van der Waals surface area (Å²) in [5.41, 5.74) is 0.993.